The number of hydrogen-bond acceptors (Lipinski definition) is 3. The summed E-state index contributed by atoms with van der Waals surface area (Å²) in [4.78, 5) is 0.240. The van der Waals surface area contributed by atoms with Gasteiger partial charge in [-0.2, -0.15) is 18.3 Å². The van der Waals surface area contributed by atoms with Crippen molar-refractivity contribution in [1.29, 1.82) is 0 Å². The van der Waals surface area contributed by atoms with Crippen molar-refractivity contribution in [2.24, 2.45) is 0 Å². The van der Waals surface area contributed by atoms with E-state index in [-0.39, 0.29) is 16.3 Å². The van der Waals surface area contributed by atoms with Crippen molar-refractivity contribution in [2.75, 3.05) is 5.75 Å². The second-order valence-electron chi connectivity index (χ2n) is 5.67. The van der Waals surface area contributed by atoms with Gasteiger partial charge in [0.15, 0.2) is 9.84 Å². The Labute approximate surface area is 148 Å². The predicted octanol–water partition coefficient (Wildman–Crippen LogP) is 4.56. The van der Waals surface area contributed by atoms with E-state index in [0.29, 0.717) is 11.1 Å². The third-order valence-electron chi connectivity index (χ3n) is 3.97. The molecule has 0 aliphatic heterocycles. The first kappa shape index (κ1) is 18.2. The minimum atomic E-state index is -4.48. The van der Waals surface area contributed by atoms with E-state index in [4.69, 9.17) is 0 Å². The molecule has 0 unspecified atom stereocenters. The molecule has 3 rings (SSSR count). The standard InChI is InChI=1S/C18H15F3N2O2S/c1-2-26(24,25)15-5-3-4-14(10-15)12-6-8-13(9-7-12)16-11-17(23-22-16)18(19,20)21/h3-11H,2H2,1H3,(H,22,23). The van der Waals surface area contributed by atoms with Crippen LogP contribution in [0.4, 0.5) is 13.2 Å². The van der Waals surface area contributed by atoms with Crippen molar-refractivity contribution >= 4 is 9.84 Å². The monoisotopic (exact) mass is 380 g/mol. The molecule has 3 aromatic rings. The average Bonchev–Trinajstić information content (AvgIpc) is 3.12. The van der Waals surface area contributed by atoms with Crippen molar-refractivity contribution < 1.29 is 21.6 Å². The lowest BCUT2D eigenvalue weighted by molar-refractivity contribution is -0.141. The SMILES string of the molecule is CCS(=O)(=O)c1cccc(-c2ccc(-c3cc(C(F)(F)F)[nH]n3)cc2)c1. The number of nitrogens with zero attached hydrogens (tertiary/aromatic N) is 1. The maximum absolute atomic E-state index is 12.6. The number of sulfone groups is 1. The Morgan fingerprint density at radius 3 is 2.19 bits per heavy atom. The van der Waals surface area contributed by atoms with Crippen LogP contribution in [0, 0.1) is 0 Å². The van der Waals surface area contributed by atoms with Crippen LogP contribution in [0.5, 0.6) is 0 Å². The summed E-state index contributed by atoms with van der Waals surface area (Å²) >= 11 is 0. The number of alkyl halides is 3. The molecule has 136 valence electrons. The van der Waals surface area contributed by atoms with E-state index in [9.17, 15) is 21.6 Å². The van der Waals surface area contributed by atoms with Gasteiger partial charge >= 0.3 is 6.18 Å². The van der Waals surface area contributed by atoms with Gasteiger partial charge in [-0.1, -0.05) is 43.3 Å². The summed E-state index contributed by atoms with van der Waals surface area (Å²) in [5.41, 5.74) is 1.27. The summed E-state index contributed by atoms with van der Waals surface area (Å²) in [7, 11) is -3.31. The highest BCUT2D eigenvalue weighted by atomic mass is 32.2. The fourth-order valence-corrected chi connectivity index (χ4v) is 3.41. The van der Waals surface area contributed by atoms with Gasteiger partial charge in [0, 0.05) is 5.56 Å². The molecular formula is C18H15F3N2O2S. The number of halogens is 3. The van der Waals surface area contributed by atoms with E-state index >= 15 is 0 Å². The lowest BCUT2D eigenvalue weighted by Gasteiger charge is -2.06. The molecule has 0 saturated carbocycles. The largest absolute Gasteiger partial charge is 0.432 e. The van der Waals surface area contributed by atoms with Crippen molar-refractivity contribution in [3.8, 4) is 22.4 Å². The normalized spacial score (nSPS) is 12.3. The molecule has 0 atom stereocenters. The highest BCUT2D eigenvalue weighted by Crippen LogP contribution is 2.31. The minimum absolute atomic E-state index is 0.0100. The third-order valence-corrected chi connectivity index (χ3v) is 5.70. The molecule has 0 bridgehead atoms. The average molecular weight is 380 g/mol. The molecule has 0 spiro atoms. The molecule has 4 nitrogen and oxygen atoms in total. The number of rotatable bonds is 4. The van der Waals surface area contributed by atoms with Crippen LogP contribution >= 0.6 is 0 Å². The predicted molar refractivity (Wildman–Crippen MR) is 92.2 cm³/mol. The summed E-state index contributed by atoms with van der Waals surface area (Å²) in [5.74, 6) is 0.0100. The first-order chi connectivity index (χ1) is 12.2. The molecule has 1 N–H and O–H groups in total. The van der Waals surface area contributed by atoms with Gasteiger partial charge in [-0.15, -0.1) is 0 Å². The third kappa shape index (κ3) is 3.65. The van der Waals surface area contributed by atoms with Gasteiger partial charge in [0.25, 0.3) is 0 Å². The molecular weight excluding hydrogens is 365 g/mol. The summed E-state index contributed by atoms with van der Waals surface area (Å²) < 4.78 is 61.9. The first-order valence-electron chi connectivity index (χ1n) is 7.77. The van der Waals surface area contributed by atoms with Crippen LogP contribution in [0.2, 0.25) is 0 Å². The Bertz CT molecular complexity index is 1020. The van der Waals surface area contributed by atoms with Crippen LogP contribution in [0.1, 0.15) is 12.6 Å². The fraction of sp³-hybridized carbons (Fsp3) is 0.167. The zero-order chi connectivity index (χ0) is 18.9. The fourth-order valence-electron chi connectivity index (χ4n) is 2.48. The van der Waals surface area contributed by atoms with Crippen molar-refractivity contribution in [1.82, 2.24) is 10.2 Å². The van der Waals surface area contributed by atoms with E-state index in [1.54, 1.807) is 55.5 Å². The van der Waals surface area contributed by atoms with Crippen LogP contribution < -0.4 is 0 Å². The molecule has 0 aliphatic rings. The second kappa shape index (κ2) is 6.60. The molecule has 8 heteroatoms. The summed E-state index contributed by atoms with van der Waals surface area (Å²) in [6.07, 6.45) is -4.48. The molecule has 0 radical (unpaired) electrons. The second-order valence-corrected chi connectivity index (χ2v) is 7.95. The molecule has 1 aromatic heterocycles. The van der Waals surface area contributed by atoms with Crippen molar-refractivity contribution in [2.45, 2.75) is 18.0 Å². The number of aromatic amines is 1. The Morgan fingerprint density at radius 1 is 0.962 bits per heavy atom. The Hall–Kier alpha value is -2.61. The van der Waals surface area contributed by atoms with E-state index < -0.39 is 21.7 Å². The van der Waals surface area contributed by atoms with Crippen LogP contribution in [0.3, 0.4) is 0 Å². The van der Waals surface area contributed by atoms with E-state index in [1.807, 2.05) is 5.10 Å². The molecule has 0 fully saturated rings. The molecule has 2 aromatic carbocycles. The van der Waals surface area contributed by atoms with E-state index in [2.05, 4.69) is 5.10 Å². The van der Waals surface area contributed by atoms with Gasteiger partial charge < -0.3 is 0 Å². The van der Waals surface area contributed by atoms with Gasteiger partial charge in [0.05, 0.1) is 16.3 Å². The number of aromatic nitrogens is 2. The van der Waals surface area contributed by atoms with Crippen LogP contribution in [-0.4, -0.2) is 24.4 Å². The van der Waals surface area contributed by atoms with E-state index in [1.165, 1.54) is 0 Å². The smallest absolute Gasteiger partial charge is 0.273 e. The maximum Gasteiger partial charge on any atom is 0.432 e. The van der Waals surface area contributed by atoms with Gasteiger partial charge in [-0.05, 0) is 29.3 Å². The van der Waals surface area contributed by atoms with Crippen molar-refractivity contribution in [3.63, 3.8) is 0 Å². The lowest BCUT2D eigenvalue weighted by Crippen LogP contribution is -2.04. The van der Waals surface area contributed by atoms with Gasteiger partial charge in [-0.25, -0.2) is 8.42 Å². The number of nitrogens with one attached hydrogen (secondary N) is 1. The minimum Gasteiger partial charge on any atom is -0.273 e. The Morgan fingerprint density at radius 2 is 1.62 bits per heavy atom. The zero-order valence-corrected chi connectivity index (χ0v) is 14.5. The summed E-state index contributed by atoms with van der Waals surface area (Å²) in [6, 6.07) is 14.2. The van der Waals surface area contributed by atoms with Crippen molar-refractivity contribution in [3.05, 3.63) is 60.3 Å². The topological polar surface area (TPSA) is 62.8 Å². The molecule has 26 heavy (non-hydrogen) atoms. The maximum atomic E-state index is 12.6. The quantitative estimate of drug-likeness (QED) is 0.722. The van der Waals surface area contributed by atoms with Gasteiger partial charge in [-0.3, -0.25) is 5.10 Å². The highest BCUT2D eigenvalue weighted by Gasteiger charge is 2.33. The summed E-state index contributed by atoms with van der Waals surface area (Å²) in [6.45, 7) is 1.58. The Kier molecular flexibility index (Phi) is 4.62. The van der Waals surface area contributed by atoms with Crippen LogP contribution in [0.25, 0.3) is 22.4 Å². The molecule has 0 saturated heterocycles. The zero-order valence-electron chi connectivity index (χ0n) is 13.7. The number of benzene rings is 2. The summed E-state index contributed by atoms with van der Waals surface area (Å²) in [5, 5.41) is 5.67. The number of H-pyrrole nitrogens is 1. The van der Waals surface area contributed by atoms with E-state index in [0.717, 1.165) is 11.6 Å². The van der Waals surface area contributed by atoms with Crippen LogP contribution in [-0.2, 0) is 16.0 Å². The first-order valence-corrected chi connectivity index (χ1v) is 9.42. The molecule has 1 heterocycles. The lowest BCUT2D eigenvalue weighted by atomic mass is 10.0. The number of hydrogen-bond donors (Lipinski definition) is 1. The molecule has 0 aliphatic carbocycles. The van der Waals surface area contributed by atoms with Crippen LogP contribution in [0.15, 0.2) is 59.5 Å². The Balaban J connectivity index is 1.91. The van der Waals surface area contributed by atoms with Gasteiger partial charge in [0.1, 0.15) is 5.69 Å². The molecule has 0 amide bonds. The highest BCUT2D eigenvalue weighted by molar-refractivity contribution is 7.91. The van der Waals surface area contributed by atoms with Gasteiger partial charge in [0.2, 0.25) is 0 Å².